The van der Waals surface area contributed by atoms with E-state index in [1.165, 1.54) is 4.90 Å². The van der Waals surface area contributed by atoms with Crippen LogP contribution in [0.3, 0.4) is 0 Å². The summed E-state index contributed by atoms with van der Waals surface area (Å²) in [7, 11) is 0. The molecule has 4 nitrogen and oxygen atoms in total. The summed E-state index contributed by atoms with van der Waals surface area (Å²) in [6.45, 7) is 2.02. The van der Waals surface area contributed by atoms with Crippen LogP contribution >= 0.6 is 11.6 Å². The third kappa shape index (κ3) is 5.75. The average Bonchev–Trinajstić information content (AvgIpc) is 2.37. The minimum Gasteiger partial charge on any atom is -0.480 e. The Bertz CT molecular complexity index is 431. The van der Waals surface area contributed by atoms with Gasteiger partial charge in [0, 0.05) is 18.0 Å². The van der Waals surface area contributed by atoms with E-state index < -0.39 is 5.97 Å². The van der Waals surface area contributed by atoms with Gasteiger partial charge in [0.2, 0.25) is 5.91 Å². The van der Waals surface area contributed by atoms with Crippen molar-refractivity contribution in [1.82, 2.24) is 4.90 Å². The number of hydrogen-bond donors (Lipinski definition) is 1. The molecule has 0 aromatic heterocycles. The fraction of sp³-hybridized carbons (Fsp3) is 0.429. The maximum absolute atomic E-state index is 11.9. The van der Waals surface area contributed by atoms with Crippen molar-refractivity contribution in [2.24, 2.45) is 0 Å². The normalized spacial score (nSPS) is 10.2. The molecule has 0 radical (unpaired) electrons. The summed E-state index contributed by atoms with van der Waals surface area (Å²) in [5.41, 5.74) is 0.871. The number of carboxylic acid groups (broad SMARTS) is 1. The first-order valence-corrected chi connectivity index (χ1v) is 6.64. The van der Waals surface area contributed by atoms with Gasteiger partial charge in [0.05, 0.1) is 0 Å². The largest absolute Gasteiger partial charge is 0.480 e. The van der Waals surface area contributed by atoms with Gasteiger partial charge in [0.15, 0.2) is 0 Å². The molecule has 0 bridgehead atoms. The summed E-state index contributed by atoms with van der Waals surface area (Å²) in [6, 6.07) is 7.05. The first-order chi connectivity index (χ1) is 9.02. The number of carbonyl (C=O) groups excluding carboxylic acids is 1. The van der Waals surface area contributed by atoms with Crippen LogP contribution in [0.25, 0.3) is 0 Å². The standard InChI is InChI=1S/C14H18ClNO3/c1-2-3-4-13(17)16(10-14(18)19)9-11-5-7-12(15)8-6-11/h5-8H,2-4,9-10H2,1H3,(H,18,19). The van der Waals surface area contributed by atoms with Crippen molar-refractivity contribution in [2.75, 3.05) is 6.54 Å². The van der Waals surface area contributed by atoms with Gasteiger partial charge in [-0.2, -0.15) is 0 Å². The monoisotopic (exact) mass is 283 g/mol. The van der Waals surface area contributed by atoms with Crippen molar-refractivity contribution in [2.45, 2.75) is 32.7 Å². The molecule has 1 aromatic carbocycles. The van der Waals surface area contributed by atoms with Crippen LogP contribution in [-0.2, 0) is 16.1 Å². The van der Waals surface area contributed by atoms with E-state index in [0.29, 0.717) is 18.0 Å². The Morgan fingerprint density at radius 3 is 2.42 bits per heavy atom. The molecular weight excluding hydrogens is 266 g/mol. The van der Waals surface area contributed by atoms with Crippen LogP contribution in [0.2, 0.25) is 5.02 Å². The quantitative estimate of drug-likeness (QED) is 0.837. The molecule has 0 heterocycles. The van der Waals surface area contributed by atoms with Crippen molar-refractivity contribution in [3.8, 4) is 0 Å². The summed E-state index contributed by atoms with van der Waals surface area (Å²) < 4.78 is 0. The molecule has 1 amide bonds. The van der Waals surface area contributed by atoms with Crippen LogP contribution in [-0.4, -0.2) is 28.4 Å². The molecule has 0 unspecified atom stereocenters. The minimum absolute atomic E-state index is 0.126. The van der Waals surface area contributed by atoms with Crippen LogP contribution in [0.5, 0.6) is 0 Å². The Labute approximate surface area is 118 Å². The van der Waals surface area contributed by atoms with Crippen molar-refractivity contribution in [3.63, 3.8) is 0 Å². The van der Waals surface area contributed by atoms with Gasteiger partial charge in [-0.25, -0.2) is 0 Å². The fourth-order valence-corrected chi connectivity index (χ4v) is 1.82. The molecule has 1 rings (SSSR count). The molecule has 104 valence electrons. The number of halogens is 1. The highest BCUT2D eigenvalue weighted by molar-refractivity contribution is 6.30. The maximum atomic E-state index is 11.9. The molecule has 0 aliphatic heterocycles. The Hall–Kier alpha value is -1.55. The van der Waals surface area contributed by atoms with E-state index in [1.807, 2.05) is 6.92 Å². The molecule has 0 aliphatic carbocycles. The second-order valence-corrected chi connectivity index (χ2v) is 4.81. The summed E-state index contributed by atoms with van der Waals surface area (Å²) in [5, 5.41) is 9.48. The van der Waals surface area contributed by atoms with Crippen LogP contribution < -0.4 is 0 Å². The Morgan fingerprint density at radius 1 is 1.26 bits per heavy atom. The Balaban J connectivity index is 2.70. The van der Waals surface area contributed by atoms with Crippen molar-refractivity contribution in [3.05, 3.63) is 34.9 Å². The van der Waals surface area contributed by atoms with Gasteiger partial charge in [-0.15, -0.1) is 0 Å². The van der Waals surface area contributed by atoms with E-state index in [-0.39, 0.29) is 12.5 Å². The average molecular weight is 284 g/mol. The topological polar surface area (TPSA) is 57.6 Å². The van der Waals surface area contributed by atoms with E-state index in [9.17, 15) is 9.59 Å². The molecule has 0 saturated heterocycles. The Morgan fingerprint density at radius 2 is 1.89 bits per heavy atom. The number of unbranched alkanes of at least 4 members (excludes halogenated alkanes) is 1. The zero-order valence-corrected chi connectivity index (χ0v) is 11.7. The van der Waals surface area contributed by atoms with E-state index in [4.69, 9.17) is 16.7 Å². The number of hydrogen-bond acceptors (Lipinski definition) is 2. The summed E-state index contributed by atoms with van der Waals surface area (Å²) in [5.74, 6) is -1.13. The number of aliphatic carboxylic acids is 1. The van der Waals surface area contributed by atoms with Crippen molar-refractivity contribution in [1.29, 1.82) is 0 Å². The summed E-state index contributed by atoms with van der Waals surface area (Å²) in [6.07, 6.45) is 2.07. The molecular formula is C14H18ClNO3. The van der Waals surface area contributed by atoms with Gasteiger partial charge in [0.25, 0.3) is 0 Å². The summed E-state index contributed by atoms with van der Waals surface area (Å²) >= 11 is 5.79. The smallest absolute Gasteiger partial charge is 0.323 e. The lowest BCUT2D eigenvalue weighted by molar-refractivity contribution is -0.144. The van der Waals surface area contributed by atoms with Gasteiger partial charge in [0.1, 0.15) is 6.54 Å². The second kappa shape index (κ2) is 7.79. The molecule has 0 fully saturated rings. The van der Waals surface area contributed by atoms with Gasteiger partial charge in [-0.3, -0.25) is 9.59 Å². The molecule has 19 heavy (non-hydrogen) atoms. The number of carbonyl (C=O) groups is 2. The number of rotatable bonds is 7. The second-order valence-electron chi connectivity index (χ2n) is 4.37. The van der Waals surface area contributed by atoms with E-state index in [2.05, 4.69) is 0 Å². The lowest BCUT2D eigenvalue weighted by Crippen LogP contribution is -2.35. The van der Waals surface area contributed by atoms with E-state index in [1.54, 1.807) is 24.3 Å². The van der Waals surface area contributed by atoms with Crippen LogP contribution in [0.15, 0.2) is 24.3 Å². The lowest BCUT2D eigenvalue weighted by atomic mass is 10.2. The minimum atomic E-state index is -1.00. The molecule has 0 atom stereocenters. The van der Waals surface area contributed by atoms with Gasteiger partial charge >= 0.3 is 5.97 Å². The number of carboxylic acids is 1. The lowest BCUT2D eigenvalue weighted by Gasteiger charge is -2.20. The van der Waals surface area contributed by atoms with Gasteiger partial charge in [-0.1, -0.05) is 37.1 Å². The predicted octanol–water partition coefficient (Wildman–Crippen LogP) is 2.94. The van der Waals surface area contributed by atoms with Crippen LogP contribution in [0, 0.1) is 0 Å². The van der Waals surface area contributed by atoms with Crippen LogP contribution in [0.4, 0.5) is 0 Å². The molecule has 0 aliphatic rings. The van der Waals surface area contributed by atoms with Crippen molar-refractivity contribution < 1.29 is 14.7 Å². The molecule has 1 aromatic rings. The fourth-order valence-electron chi connectivity index (χ4n) is 1.69. The zero-order valence-electron chi connectivity index (χ0n) is 10.9. The number of benzene rings is 1. The van der Waals surface area contributed by atoms with Crippen LogP contribution in [0.1, 0.15) is 31.7 Å². The molecule has 0 spiro atoms. The third-order valence-corrected chi connectivity index (χ3v) is 2.96. The summed E-state index contributed by atoms with van der Waals surface area (Å²) in [4.78, 5) is 24.1. The number of amides is 1. The first-order valence-electron chi connectivity index (χ1n) is 6.27. The number of nitrogens with zero attached hydrogens (tertiary/aromatic N) is 1. The van der Waals surface area contributed by atoms with E-state index >= 15 is 0 Å². The van der Waals surface area contributed by atoms with E-state index in [0.717, 1.165) is 18.4 Å². The molecule has 0 saturated carbocycles. The van der Waals surface area contributed by atoms with Gasteiger partial charge < -0.3 is 10.0 Å². The third-order valence-electron chi connectivity index (χ3n) is 2.71. The highest BCUT2D eigenvalue weighted by atomic mass is 35.5. The SMILES string of the molecule is CCCCC(=O)N(CC(=O)O)Cc1ccc(Cl)cc1. The van der Waals surface area contributed by atoms with Gasteiger partial charge in [-0.05, 0) is 24.1 Å². The maximum Gasteiger partial charge on any atom is 0.323 e. The highest BCUT2D eigenvalue weighted by Crippen LogP contribution is 2.12. The first kappa shape index (κ1) is 15.5. The zero-order chi connectivity index (χ0) is 14.3. The molecule has 5 heteroatoms. The predicted molar refractivity (Wildman–Crippen MR) is 74.0 cm³/mol. The molecule has 1 N–H and O–H groups in total. The Kier molecular flexibility index (Phi) is 6.36. The van der Waals surface area contributed by atoms with Crippen molar-refractivity contribution >= 4 is 23.5 Å². The highest BCUT2D eigenvalue weighted by Gasteiger charge is 2.16.